The zero-order chi connectivity index (χ0) is 13.0. The lowest BCUT2D eigenvalue weighted by Gasteiger charge is -2.43. The molecule has 0 amide bonds. The largest absolute Gasteiger partial charge is 0.329 e. The van der Waals surface area contributed by atoms with Crippen LogP contribution in [0.1, 0.15) is 65.2 Å². The number of hydrogen-bond acceptors (Lipinski definition) is 2. The van der Waals surface area contributed by atoms with Crippen LogP contribution >= 0.6 is 0 Å². The summed E-state index contributed by atoms with van der Waals surface area (Å²) in [5.74, 6) is 1.87. The Hall–Kier alpha value is -0.0800. The molecule has 1 aliphatic heterocycles. The fourth-order valence-corrected chi connectivity index (χ4v) is 4.08. The molecule has 0 spiro atoms. The molecule has 18 heavy (non-hydrogen) atoms. The van der Waals surface area contributed by atoms with E-state index in [0.29, 0.717) is 6.04 Å². The molecule has 2 fully saturated rings. The highest BCUT2D eigenvalue weighted by Gasteiger charge is 2.31. The SMILES string of the molecule is CCC1CCCC(N2CCC(C)CC2CN)CC1. The lowest BCUT2D eigenvalue weighted by Crippen LogP contribution is -2.51. The van der Waals surface area contributed by atoms with Crippen molar-refractivity contribution in [3.05, 3.63) is 0 Å². The molecule has 0 bridgehead atoms. The third-order valence-corrected chi connectivity index (χ3v) is 5.40. The Kier molecular flexibility index (Phi) is 5.50. The summed E-state index contributed by atoms with van der Waals surface area (Å²) in [5.41, 5.74) is 6.01. The minimum atomic E-state index is 0.664. The van der Waals surface area contributed by atoms with E-state index in [1.54, 1.807) is 0 Å². The van der Waals surface area contributed by atoms with Crippen molar-refractivity contribution < 1.29 is 0 Å². The fraction of sp³-hybridized carbons (Fsp3) is 1.00. The van der Waals surface area contributed by atoms with Crippen molar-refractivity contribution in [2.24, 2.45) is 17.6 Å². The Bertz CT molecular complexity index is 241. The van der Waals surface area contributed by atoms with E-state index < -0.39 is 0 Å². The highest BCUT2D eigenvalue weighted by Crippen LogP contribution is 2.32. The molecule has 2 N–H and O–H groups in total. The van der Waals surface area contributed by atoms with Gasteiger partial charge in [0.2, 0.25) is 0 Å². The number of likely N-dealkylation sites (tertiary alicyclic amines) is 1. The molecule has 0 radical (unpaired) electrons. The highest BCUT2D eigenvalue weighted by molar-refractivity contribution is 4.87. The standard InChI is InChI=1S/C16H32N2/c1-3-14-5-4-6-15(8-7-14)18-10-9-13(2)11-16(18)12-17/h13-16H,3-12,17H2,1-2H3. The van der Waals surface area contributed by atoms with Gasteiger partial charge in [-0.3, -0.25) is 4.90 Å². The molecule has 1 aliphatic carbocycles. The van der Waals surface area contributed by atoms with E-state index >= 15 is 0 Å². The van der Waals surface area contributed by atoms with Crippen LogP contribution in [0.25, 0.3) is 0 Å². The molecule has 1 saturated heterocycles. The molecule has 4 atom stereocenters. The van der Waals surface area contributed by atoms with Crippen molar-refractivity contribution in [1.82, 2.24) is 4.90 Å². The van der Waals surface area contributed by atoms with E-state index in [2.05, 4.69) is 18.7 Å². The summed E-state index contributed by atoms with van der Waals surface area (Å²) in [6.45, 7) is 6.90. The van der Waals surface area contributed by atoms with Crippen LogP contribution < -0.4 is 5.73 Å². The second-order valence-corrected chi connectivity index (χ2v) is 6.69. The number of rotatable bonds is 3. The smallest absolute Gasteiger partial charge is 0.0223 e. The number of nitrogens with zero attached hydrogens (tertiary/aromatic N) is 1. The third-order valence-electron chi connectivity index (χ3n) is 5.40. The monoisotopic (exact) mass is 252 g/mol. The van der Waals surface area contributed by atoms with Crippen molar-refractivity contribution in [2.75, 3.05) is 13.1 Å². The van der Waals surface area contributed by atoms with Crippen LogP contribution in [0.2, 0.25) is 0 Å². The molecule has 0 aromatic rings. The second-order valence-electron chi connectivity index (χ2n) is 6.69. The van der Waals surface area contributed by atoms with Crippen molar-refractivity contribution in [2.45, 2.75) is 77.3 Å². The van der Waals surface area contributed by atoms with Gasteiger partial charge in [0.25, 0.3) is 0 Å². The van der Waals surface area contributed by atoms with Crippen molar-refractivity contribution >= 4 is 0 Å². The van der Waals surface area contributed by atoms with Gasteiger partial charge in [-0.1, -0.05) is 33.1 Å². The summed E-state index contributed by atoms with van der Waals surface area (Å²) in [6.07, 6.45) is 11.3. The normalized spacial score (nSPS) is 39.5. The van der Waals surface area contributed by atoms with Gasteiger partial charge in [0, 0.05) is 18.6 Å². The Balaban J connectivity index is 1.92. The van der Waals surface area contributed by atoms with Crippen LogP contribution in [0, 0.1) is 11.8 Å². The van der Waals surface area contributed by atoms with Crippen molar-refractivity contribution in [3.8, 4) is 0 Å². The van der Waals surface area contributed by atoms with Gasteiger partial charge in [0.1, 0.15) is 0 Å². The van der Waals surface area contributed by atoms with E-state index in [9.17, 15) is 0 Å². The number of hydrogen-bond donors (Lipinski definition) is 1. The minimum absolute atomic E-state index is 0.664. The first kappa shape index (κ1) is 14.3. The van der Waals surface area contributed by atoms with Crippen LogP contribution in [0.5, 0.6) is 0 Å². The maximum absolute atomic E-state index is 6.01. The Morgan fingerprint density at radius 3 is 2.67 bits per heavy atom. The number of piperidine rings is 1. The van der Waals surface area contributed by atoms with Crippen LogP contribution in [0.4, 0.5) is 0 Å². The predicted octanol–water partition coefficient (Wildman–Crippen LogP) is 3.40. The van der Waals surface area contributed by atoms with Crippen LogP contribution in [0.15, 0.2) is 0 Å². The van der Waals surface area contributed by atoms with Crippen LogP contribution in [0.3, 0.4) is 0 Å². The Labute approximate surface area is 113 Å². The molecule has 2 nitrogen and oxygen atoms in total. The summed E-state index contributed by atoms with van der Waals surface area (Å²) in [4.78, 5) is 2.78. The fourth-order valence-electron chi connectivity index (χ4n) is 4.08. The van der Waals surface area contributed by atoms with Crippen molar-refractivity contribution in [3.63, 3.8) is 0 Å². The Morgan fingerprint density at radius 1 is 1.11 bits per heavy atom. The lowest BCUT2D eigenvalue weighted by atomic mass is 9.89. The Morgan fingerprint density at radius 2 is 1.94 bits per heavy atom. The second kappa shape index (κ2) is 6.91. The first-order chi connectivity index (χ1) is 8.74. The molecule has 0 aromatic carbocycles. The number of nitrogens with two attached hydrogens (primary N) is 1. The summed E-state index contributed by atoms with van der Waals surface area (Å²) in [6, 6.07) is 1.50. The highest BCUT2D eigenvalue weighted by atomic mass is 15.2. The van der Waals surface area contributed by atoms with Gasteiger partial charge in [-0.2, -0.15) is 0 Å². The molecule has 1 heterocycles. The van der Waals surface area contributed by atoms with Crippen molar-refractivity contribution in [1.29, 1.82) is 0 Å². The average Bonchev–Trinajstić information content (AvgIpc) is 2.63. The van der Waals surface area contributed by atoms with E-state index in [1.807, 2.05) is 0 Å². The van der Waals surface area contributed by atoms with Gasteiger partial charge in [-0.05, 0) is 50.5 Å². The van der Waals surface area contributed by atoms with E-state index in [1.165, 1.54) is 57.9 Å². The van der Waals surface area contributed by atoms with E-state index in [4.69, 9.17) is 5.73 Å². The molecule has 4 unspecified atom stereocenters. The molecule has 106 valence electrons. The van der Waals surface area contributed by atoms with Crippen LogP contribution in [-0.4, -0.2) is 30.1 Å². The molecular formula is C16H32N2. The summed E-state index contributed by atoms with van der Waals surface area (Å²) in [7, 11) is 0. The van der Waals surface area contributed by atoms with E-state index in [-0.39, 0.29) is 0 Å². The topological polar surface area (TPSA) is 29.3 Å². The quantitative estimate of drug-likeness (QED) is 0.780. The average molecular weight is 252 g/mol. The summed E-state index contributed by atoms with van der Waals surface area (Å²) >= 11 is 0. The molecule has 2 aliphatic rings. The molecular weight excluding hydrogens is 220 g/mol. The zero-order valence-corrected chi connectivity index (χ0v) is 12.4. The van der Waals surface area contributed by atoms with Gasteiger partial charge in [-0.25, -0.2) is 0 Å². The summed E-state index contributed by atoms with van der Waals surface area (Å²) < 4.78 is 0. The van der Waals surface area contributed by atoms with Gasteiger partial charge >= 0.3 is 0 Å². The summed E-state index contributed by atoms with van der Waals surface area (Å²) in [5, 5.41) is 0. The van der Waals surface area contributed by atoms with Gasteiger partial charge in [-0.15, -0.1) is 0 Å². The van der Waals surface area contributed by atoms with Gasteiger partial charge < -0.3 is 5.73 Å². The van der Waals surface area contributed by atoms with Crippen LogP contribution in [-0.2, 0) is 0 Å². The maximum atomic E-state index is 6.01. The van der Waals surface area contributed by atoms with Gasteiger partial charge in [0.05, 0.1) is 0 Å². The lowest BCUT2D eigenvalue weighted by molar-refractivity contribution is 0.0678. The molecule has 2 rings (SSSR count). The van der Waals surface area contributed by atoms with Gasteiger partial charge in [0.15, 0.2) is 0 Å². The third kappa shape index (κ3) is 3.48. The first-order valence-electron chi connectivity index (χ1n) is 8.20. The molecule has 2 heteroatoms. The molecule has 1 saturated carbocycles. The maximum Gasteiger partial charge on any atom is 0.0223 e. The first-order valence-corrected chi connectivity index (χ1v) is 8.20. The zero-order valence-electron chi connectivity index (χ0n) is 12.4. The predicted molar refractivity (Wildman–Crippen MR) is 78.6 cm³/mol. The van der Waals surface area contributed by atoms with E-state index in [0.717, 1.165) is 24.4 Å². The molecule has 0 aromatic heterocycles. The minimum Gasteiger partial charge on any atom is -0.329 e.